The third-order valence-corrected chi connectivity index (χ3v) is 3.61. The molecule has 3 rings (SSSR count). The van der Waals surface area contributed by atoms with Crippen molar-refractivity contribution in [3.05, 3.63) is 47.5 Å². The van der Waals surface area contributed by atoms with Crippen LogP contribution in [0.3, 0.4) is 0 Å². The molecule has 0 aromatic heterocycles. The summed E-state index contributed by atoms with van der Waals surface area (Å²) in [5.41, 5.74) is 4.10. The molecule has 0 spiro atoms. The van der Waals surface area contributed by atoms with Gasteiger partial charge in [-0.3, -0.25) is 4.79 Å². The van der Waals surface area contributed by atoms with E-state index in [9.17, 15) is 4.79 Å². The highest BCUT2D eigenvalue weighted by Gasteiger charge is 2.12. The molecule has 0 bridgehead atoms. The summed E-state index contributed by atoms with van der Waals surface area (Å²) in [6.07, 6.45) is 1.73. The summed E-state index contributed by atoms with van der Waals surface area (Å²) < 4.78 is 20.9. The van der Waals surface area contributed by atoms with Crippen molar-refractivity contribution in [3.8, 4) is 23.0 Å². The lowest BCUT2D eigenvalue weighted by atomic mass is 10.1. The summed E-state index contributed by atoms with van der Waals surface area (Å²) in [5, 5.41) is 3.96. The molecule has 7 nitrogen and oxygen atoms in total. The number of nitrogens with zero attached hydrogens (tertiary/aromatic N) is 1. The molecule has 2 aromatic carbocycles. The Labute approximate surface area is 145 Å². The number of carbonyl (C=O) groups excluding carboxylic acids is 1. The van der Waals surface area contributed by atoms with Crippen LogP contribution in [0, 0.1) is 0 Å². The number of benzene rings is 2. The van der Waals surface area contributed by atoms with Crippen molar-refractivity contribution in [1.82, 2.24) is 5.43 Å². The maximum Gasteiger partial charge on any atom is 0.244 e. The molecule has 1 aliphatic rings. The topological polar surface area (TPSA) is 78.4 Å². The Morgan fingerprint density at radius 3 is 2.72 bits per heavy atom. The number of rotatable bonds is 6. The average molecular weight is 342 g/mol. The smallest absolute Gasteiger partial charge is 0.244 e. The fourth-order valence-corrected chi connectivity index (χ4v) is 2.39. The van der Waals surface area contributed by atoms with Crippen molar-refractivity contribution in [2.75, 3.05) is 21.0 Å². The Morgan fingerprint density at radius 2 is 1.92 bits per heavy atom. The van der Waals surface area contributed by atoms with E-state index in [0.29, 0.717) is 23.0 Å². The Bertz CT molecular complexity index is 804. The number of carbonyl (C=O) groups is 1. The first-order chi connectivity index (χ1) is 12.2. The zero-order valence-electron chi connectivity index (χ0n) is 13.9. The second-order valence-corrected chi connectivity index (χ2v) is 5.27. The molecule has 0 atom stereocenters. The highest BCUT2D eigenvalue weighted by Crippen LogP contribution is 2.32. The largest absolute Gasteiger partial charge is 0.493 e. The van der Waals surface area contributed by atoms with E-state index in [1.54, 1.807) is 44.7 Å². The molecule has 25 heavy (non-hydrogen) atoms. The van der Waals surface area contributed by atoms with Gasteiger partial charge in [-0.25, -0.2) is 5.43 Å². The van der Waals surface area contributed by atoms with Crippen LogP contribution in [-0.2, 0) is 11.2 Å². The monoisotopic (exact) mass is 342 g/mol. The zero-order chi connectivity index (χ0) is 17.6. The van der Waals surface area contributed by atoms with Crippen molar-refractivity contribution in [3.63, 3.8) is 0 Å². The maximum atomic E-state index is 12.0. The summed E-state index contributed by atoms with van der Waals surface area (Å²) in [6, 6.07) is 10.8. The minimum Gasteiger partial charge on any atom is -0.493 e. The molecule has 7 heteroatoms. The number of hydrazone groups is 1. The quantitative estimate of drug-likeness (QED) is 0.643. The minimum atomic E-state index is -0.232. The van der Waals surface area contributed by atoms with E-state index in [0.717, 1.165) is 11.1 Å². The number of fused-ring (bicyclic) bond motifs is 1. The van der Waals surface area contributed by atoms with Gasteiger partial charge in [-0.05, 0) is 41.5 Å². The SMILES string of the molecule is COc1ccc(CC(=O)N/N=C/c2ccc3c(c2)OCO3)cc1OC. The van der Waals surface area contributed by atoms with Crippen LogP contribution >= 0.6 is 0 Å². The number of nitrogens with one attached hydrogen (secondary N) is 1. The van der Waals surface area contributed by atoms with Gasteiger partial charge in [-0.15, -0.1) is 0 Å². The van der Waals surface area contributed by atoms with Gasteiger partial charge in [0.25, 0.3) is 0 Å². The molecule has 1 N–H and O–H groups in total. The van der Waals surface area contributed by atoms with Gasteiger partial charge >= 0.3 is 0 Å². The third-order valence-electron chi connectivity index (χ3n) is 3.61. The molecular weight excluding hydrogens is 324 g/mol. The molecule has 0 saturated heterocycles. The van der Waals surface area contributed by atoms with Gasteiger partial charge < -0.3 is 18.9 Å². The summed E-state index contributed by atoms with van der Waals surface area (Å²) >= 11 is 0. The lowest BCUT2D eigenvalue weighted by molar-refractivity contribution is -0.120. The molecular formula is C18H18N2O5. The van der Waals surface area contributed by atoms with E-state index >= 15 is 0 Å². The summed E-state index contributed by atoms with van der Waals surface area (Å²) in [5.74, 6) is 2.34. The van der Waals surface area contributed by atoms with E-state index in [-0.39, 0.29) is 19.1 Å². The first-order valence-electron chi connectivity index (χ1n) is 7.62. The van der Waals surface area contributed by atoms with Crippen molar-refractivity contribution >= 4 is 12.1 Å². The van der Waals surface area contributed by atoms with E-state index in [1.807, 2.05) is 12.1 Å². The Hall–Kier alpha value is -3.22. The first kappa shape index (κ1) is 16.6. The molecule has 0 aliphatic carbocycles. The van der Waals surface area contributed by atoms with Crippen molar-refractivity contribution < 1.29 is 23.7 Å². The Kier molecular flexibility index (Phi) is 5.03. The summed E-state index contributed by atoms with van der Waals surface area (Å²) in [6.45, 7) is 0.220. The Balaban J connectivity index is 1.57. The molecule has 0 saturated carbocycles. The highest BCUT2D eigenvalue weighted by atomic mass is 16.7. The lowest BCUT2D eigenvalue weighted by Crippen LogP contribution is -2.19. The van der Waals surface area contributed by atoms with Crippen LogP contribution < -0.4 is 24.4 Å². The van der Waals surface area contributed by atoms with Gasteiger partial charge in [-0.2, -0.15) is 5.10 Å². The molecule has 1 aliphatic heterocycles. The van der Waals surface area contributed by atoms with Gasteiger partial charge in [0.1, 0.15) is 0 Å². The summed E-state index contributed by atoms with van der Waals surface area (Å²) in [7, 11) is 3.12. The number of hydrogen-bond donors (Lipinski definition) is 1. The number of amides is 1. The normalized spacial score (nSPS) is 12.2. The van der Waals surface area contributed by atoms with E-state index in [4.69, 9.17) is 18.9 Å². The highest BCUT2D eigenvalue weighted by molar-refractivity contribution is 5.84. The standard InChI is InChI=1S/C18H18N2O5/c1-22-14-5-3-12(7-16(14)23-2)9-18(21)20-19-10-13-4-6-15-17(8-13)25-11-24-15/h3-8,10H,9,11H2,1-2H3,(H,20,21)/b19-10+. The second-order valence-electron chi connectivity index (χ2n) is 5.27. The van der Waals surface area contributed by atoms with Gasteiger partial charge in [0, 0.05) is 0 Å². The predicted octanol–water partition coefficient (Wildman–Crippen LogP) is 2.13. The van der Waals surface area contributed by atoms with Gasteiger partial charge in [-0.1, -0.05) is 6.07 Å². The second kappa shape index (κ2) is 7.57. The summed E-state index contributed by atoms with van der Waals surface area (Å²) in [4.78, 5) is 12.0. The maximum absolute atomic E-state index is 12.0. The molecule has 1 heterocycles. The Morgan fingerprint density at radius 1 is 1.12 bits per heavy atom. The first-order valence-corrected chi connectivity index (χ1v) is 7.62. The molecule has 2 aromatic rings. The van der Waals surface area contributed by atoms with Crippen LogP contribution in [0.4, 0.5) is 0 Å². The zero-order valence-corrected chi connectivity index (χ0v) is 13.9. The van der Waals surface area contributed by atoms with Gasteiger partial charge in [0.15, 0.2) is 23.0 Å². The number of methoxy groups -OCH3 is 2. The lowest BCUT2D eigenvalue weighted by Gasteiger charge is -2.09. The molecule has 1 amide bonds. The van der Waals surface area contributed by atoms with Crippen LogP contribution in [0.2, 0.25) is 0 Å². The number of ether oxygens (including phenoxy) is 4. The van der Waals surface area contributed by atoms with Crippen LogP contribution in [0.25, 0.3) is 0 Å². The van der Waals surface area contributed by atoms with E-state index in [2.05, 4.69) is 10.5 Å². The predicted molar refractivity (Wildman–Crippen MR) is 91.6 cm³/mol. The third kappa shape index (κ3) is 4.00. The van der Waals surface area contributed by atoms with Crippen molar-refractivity contribution in [2.24, 2.45) is 5.10 Å². The van der Waals surface area contributed by atoms with Crippen molar-refractivity contribution in [1.29, 1.82) is 0 Å². The van der Waals surface area contributed by atoms with E-state index in [1.165, 1.54) is 0 Å². The molecule has 0 fully saturated rings. The minimum absolute atomic E-state index is 0.179. The van der Waals surface area contributed by atoms with E-state index < -0.39 is 0 Å². The number of hydrogen-bond acceptors (Lipinski definition) is 6. The fraction of sp³-hybridized carbons (Fsp3) is 0.222. The van der Waals surface area contributed by atoms with Crippen LogP contribution in [0.15, 0.2) is 41.5 Å². The molecule has 0 unspecified atom stereocenters. The van der Waals surface area contributed by atoms with Crippen molar-refractivity contribution in [2.45, 2.75) is 6.42 Å². The molecule has 130 valence electrons. The molecule has 0 radical (unpaired) electrons. The fourth-order valence-electron chi connectivity index (χ4n) is 2.39. The van der Waals surface area contributed by atoms with Crippen LogP contribution in [-0.4, -0.2) is 33.1 Å². The van der Waals surface area contributed by atoms with Crippen LogP contribution in [0.1, 0.15) is 11.1 Å². The van der Waals surface area contributed by atoms with Crippen LogP contribution in [0.5, 0.6) is 23.0 Å². The van der Waals surface area contributed by atoms with Gasteiger partial charge in [0.2, 0.25) is 12.7 Å². The van der Waals surface area contributed by atoms with Gasteiger partial charge in [0.05, 0.1) is 26.9 Å². The average Bonchev–Trinajstić information content (AvgIpc) is 3.09.